The average molecular weight is 694 g/mol. The molecule has 0 fully saturated rings. The summed E-state index contributed by atoms with van der Waals surface area (Å²) in [6.45, 7) is 12.9. The van der Waals surface area contributed by atoms with Crippen LogP contribution in [0.4, 0.5) is 39.1 Å². The van der Waals surface area contributed by atoms with Crippen LogP contribution >= 0.6 is 0 Å². The van der Waals surface area contributed by atoms with Gasteiger partial charge < -0.3 is 5.11 Å². The van der Waals surface area contributed by atoms with Crippen LogP contribution in [0.2, 0.25) is 0 Å². The molecule has 0 atom stereocenters. The topological polar surface area (TPSA) is 49.2 Å². The van der Waals surface area contributed by atoms with E-state index in [0.29, 0.717) is 22.5 Å². The summed E-state index contributed by atoms with van der Waals surface area (Å²) in [5, 5.41) is 10.9. The zero-order valence-corrected chi connectivity index (χ0v) is 29.0. The molecule has 0 bridgehead atoms. The van der Waals surface area contributed by atoms with E-state index >= 15 is 8.78 Å². The second-order valence-corrected chi connectivity index (χ2v) is 14.4. The van der Waals surface area contributed by atoms with E-state index in [9.17, 15) is 18.3 Å². The highest BCUT2D eigenvalue weighted by Gasteiger charge is 2.31. The molecule has 4 aromatic carbocycles. The summed E-state index contributed by atoms with van der Waals surface area (Å²) in [5.74, 6) is -10.5. The Bertz CT molecular complexity index is 2200. The summed E-state index contributed by atoms with van der Waals surface area (Å²) in [6.07, 6.45) is 1.35. The number of nitrogens with zero attached hydrogens (tertiary/aromatic N) is 3. The van der Waals surface area contributed by atoms with Gasteiger partial charge in [0.25, 0.3) is 0 Å². The lowest BCUT2D eigenvalue weighted by molar-refractivity contribution is 0.380. The molecule has 6 rings (SSSR count). The van der Waals surface area contributed by atoms with Crippen LogP contribution in [-0.2, 0) is 10.8 Å². The molecule has 51 heavy (non-hydrogen) atoms. The number of phenols is 1. The molecular weight excluding hydrogens is 657 g/mol. The van der Waals surface area contributed by atoms with E-state index in [1.54, 1.807) is 48.5 Å². The minimum atomic E-state index is -2.26. The van der Waals surface area contributed by atoms with Gasteiger partial charge in [-0.15, -0.1) is 0 Å². The Balaban J connectivity index is 1.61. The van der Waals surface area contributed by atoms with Gasteiger partial charge in [-0.2, -0.15) is 0 Å². The first kappa shape index (κ1) is 35.3. The normalized spacial score (nSPS) is 11.9. The Morgan fingerprint density at radius 2 is 1.12 bits per heavy atom. The van der Waals surface area contributed by atoms with Crippen LogP contribution < -0.4 is 4.90 Å². The fourth-order valence-corrected chi connectivity index (χ4v) is 5.79. The fraction of sp³-hybridized carbons (Fsp3) is 0.190. The monoisotopic (exact) mass is 693 g/mol. The van der Waals surface area contributed by atoms with Gasteiger partial charge in [-0.05, 0) is 81.6 Å². The van der Waals surface area contributed by atoms with Crippen LogP contribution in [0.5, 0.6) is 5.75 Å². The third-order valence-electron chi connectivity index (χ3n) is 8.69. The first-order valence-electron chi connectivity index (χ1n) is 16.3. The number of halogens is 5. The molecule has 0 radical (unpaired) electrons. The predicted molar refractivity (Wildman–Crippen MR) is 192 cm³/mol. The van der Waals surface area contributed by atoms with E-state index in [1.165, 1.54) is 24.4 Å². The maximum atomic E-state index is 15.4. The van der Waals surface area contributed by atoms with E-state index < -0.39 is 34.8 Å². The van der Waals surface area contributed by atoms with Crippen molar-refractivity contribution >= 4 is 17.2 Å². The van der Waals surface area contributed by atoms with Crippen LogP contribution in [0.1, 0.15) is 52.7 Å². The quantitative estimate of drug-likeness (QED) is 0.107. The van der Waals surface area contributed by atoms with Gasteiger partial charge in [0.2, 0.25) is 5.82 Å². The van der Waals surface area contributed by atoms with Crippen molar-refractivity contribution in [2.75, 3.05) is 4.90 Å². The van der Waals surface area contributed by atoms with Gasteiger partial charge >= 0.3 is 0 Å². The number of hydrogen-bond acceptors (Lipinski definition) is 4. The lowest BCUT2D eigenvalue weighted by atomic mass is 9.79. The van der Waals surface area contributed by atoms with Crippen LogP contribution in [0.15, 0.2) is 103 Å². The molecule has 0 aliphatic heterocycles. The second kappa shape index (κ2) is 13.3. The van der Waals surface area contributed by atoms with Crippen molar-refractivity contribution in [3.63, 3.8) is 0 Å². The highest BCUT2D eigenvalue weighted by molar-refractivity contribution is 5.82. The number of hydrogen-bond donors (Lipinski definition) is 1. The van der Waals surface area contributed by atoms with Crippen molar-refractivity contribution in [1.29, 1.82) is 0 Å². The molecule has 0 saturated carbocycles. The lowest BCUT2D eigenvalue weighted by Gasteiger charge is -2.26. The molecule has 0 amide bonds. The number of aromatic nitrogens is 2. The Labute approximate surface area is 293 Å². The van der Waals surface area contributed by atoms with Crippen LogP contribution in [-0.4, -0.2) is 15.1 Å². The van der Waals surface area contributed by atoms with E-state index in [2.05, 4.69) is 64.7 Å². The summed E-state index contributed by atoms with van der Waals surface area (Å²) in [4.78, 5) is 9.98. The number of benzene rings is 4. The van der Waals surface area contributed by atoms with Crippen LogP contribution in [0, 0.1) is 29.1 Å². The molecule has 0 aliphatic rings. The molecule has 4 nitrogen and oxygen atoms in total. The highest BCUT2D eigenvalue weighted by Crippen LogP contribution is 2.42. The van der Waals surface area contributed by atoms with Crippen molar-refractivity contribution in [3.05, 3.63) is 143 Å². The van der Waals surface area contributed by atoms with Crippen molar-refractivity contribution in [2.24, 2.45) is 0 Å². The molecule has 2 heterocycles. The van der Waals surface area contributed by atoms with Gasteiger partial charge in [-0.3, -0.25) is 4.90 Å². The molecule has 0 unspecified atom stereocenters. The van der Waals surface area contributed by atoms with E-state index in [4.69, 9.17) is 4.98 Å². The van der Waals surface area contributed by atoms with Crippen molar-refractivity contribution in [1.82, 2.24) is 9.97 Å². The molecule has 260 valence electrons. The third kappa shape index (κ3) is 6.93. The van der Waals surface area contributed by atoms with Gasteiger partial charge in [0.1, 0.15) is 17.3 Å². The Morgan fingerprint density at radius 3 is 1.71 bits per heavy atom. The number of phenolic OH excluding ortho intramolecular Hbond substituents is 1. The molecule has 2 aromatic heterocycles. The van der Waals surface area contributed by atoms with Gasteiger partial charge in [0.15, 0.2) is 23.3 Å². The zero-order chi connectivity index (χ0) is 36.8. The molecule has 9 heteroatoms. The maximum Gasteiger partial charge on any atom is 0.200 e. The number of para-hydroxylation sites is 1. The fourth-order valence-electron chi connectivity index (χ4n) is 5.79. The molecular formula is C42H36F5N3O. The summed E-state index contributed by atoms with van der Waals surface area (Å²) in [5.41, 5.74) is 4.38. The third-order valence-corrected chi connectivity index (χ3v) is 8.69. The van der Waals surface area contributed by atoms with Crippen LogP contribution in [0.25, 0.3) is 33.6 Å². The van der Waals surface area contributed by atoms with Gasteiger partial charge in [0.05, 0.1) is 11.4 Å². The molecule has 1 N–H and O–H groups in total. The standard InChI is InChI=1S/C42H36F5N3O/c1-41(2,3)27-18-25(19-28(23-27)42(4,5)6)26-21-31(49-32(22-26)30-14-7-8-15-33(30)51)24-12-11-13-29(20-24)50(34-16-9-10-17-48-34)40-38(46)36(44)35(43)37(45)39(40)47/h7-23,51H,1-6H3. The first-order valence-corrected chi connectivity index (χ1v) is 16.3. The van der Waals surface area contributed by atoms with E-state index in [1.807, 2.05) is 12.1 Å². The minimum Gasteiger partial charge on any atom is -0.507 e. The van der Waals surface area contributed by atoms with E-state index in [-0.39, 0.29) is 28.1 Å². The van der Waals surface area contributed by atoms with E-state index in [0.717, 1.165) is 27.2 Å². The Kier molecular flexibility index (Phi) is 9.18. The van der Waals surface area contributed by atoms with Gasteiger partial charge in [0, 0.05) is 23.0 Å². The summed E-state index contributed by atoms with van der Waals surface area (Å²) < 4.78 is 74.0. The lowest BCUT2D eigenvalue weighted by Crippen LogP contribution is -2.18. The Hall–Kier alpha value is -5.57. The highest BCUT2D eigenvalue weighted by atomic mass is 19.2. The Morgan fingerprint density at radius 1 is 0.549 bits per heavy atom. The maximum absolute atomic E-state index is 15.4. The van der Waals surface area contributed by atoms with Gasteiger partial charge in [-0.25, -0.2) is 31.9 Å². The number of pyridine rings is 2. The first-order chi connectivity index (χ1) is 24.0. The molecule has 6 aromatic rings. The summed E-state index contributed by atoms with van der Waals surface area (Å²) in [6, 6.07) is 27.9. The summed E-state index contributed by atoms with van der Waals surface area (Å²) in [7, 11) is 0. The molecule has 0 aliphatic carbocycles. The van der Waals surface area contributed by atoms with Crippen molar-refractivity contribution < 1.29 is 27.1 Å². The smallest absolute Gasteiger partial charge is 0.200 e. The zero-order valence-electron chi connectivity index (χ0n) is 29.0. The van der Waals surface area contributed by atoms with Crippen molar-refractivity contribution in [3.8, 4) is 39.4 Å². The van der Waals surface area contributed by atoms with Gasteiger partial charge in [-0.1, -0.05) is 90.1 Å². The summed E-state index contributed by atoms with van der Waals surface area (Å²) >= 11 is 0. The number of anilines is 3. The SMILES string of the molecule is CC(C)(C)c1cc(-c2cc(-c3cccc(N(c4ccccn4)c4c(F)c(F)c(F)c(F)c4F)c3)nc(-c3ccccc3O)c2)cc(C(C)(C)C)c1. The predicted octanol–water partition coefficient (Wildman–Crippen LogP) is 11.9. The van der Waals surface area contributed by atoms with Crippen LogP contribution in [0.3, 0.4) is 0 Å². The molecule has 0 saturated heterocycles. The average Bonchev–Trinajstić information content (AvgIpc) is 3.11. The number of aromatic hydroxyl groups is 1. The van der Waals surface area contributed by atoms with Crippen molar-refractivity contribution in [2.45, 2.75) is 52.4 Å². The number of rotatable bonds is 6. The second-order valence-electron chi connectivity index (χ2n) is 14.4. The minimum absolute atomic E-state index is 0.0216. The largest absolute Gasteiger partial charge is 0.507 e. The molecule has 0 spiro atoms.